The number of carbonyl (C=O) groups is 1. The number of aromatic nitrogens is 3. The van der Waals surface area contributed by atoms with Crippen LogP contribution in [0.5, 0.6) is 0 Å². The minimum absolute atomic E-state index is 0.0105. The number of carboxylic acid groups (broad SMARTS) is 1. The van der Waals surface area contributed by atoms with E-state index in [1.54, 1.807) is 16.8 Å². The molecule has 1 N–H and O–H groups in total. The van der Waals surface area contributed by atoms with E-state index in [9.17, 15) is 14.3 Å². The molecule has 1 aliphatic heterocycles. The molecule has 7 heteroatoms. The first kappa shape index (κ1) is 26.0. The zero-order valence-corrected chi connectivity index (χ0v) is 22.5. The number of rotatable bonds is 7. The third kappa shape index (κ3) is 5.20. The summed E-state index contributed by atoms with van der Waals surface area (Å²) < 4.78 is 15.8. The number of carboxylic acids is 1. The molecule has 2 atom stereocenters. The summed E-state index contributed by atoms with van der Waals surface area (Å²) in [5, 5.41) is 18.3. The molecule has 0 bridgehead atoms. The second-order valence-corrected chi connectivity index (χ2v) is 10.8. The van der Waals surface area contributed by atoms with Gasteiger partial charge in [-0.25, -0.2) is 9.07 Å². The van der Waals surface area contributed by atoms with Crippen molar-refractivity contribution in [3.63, 3.8) is 0 Å². The van der Waals surface area contributed by atoms with Crippen molar-refractivity contribution in [2.24, 2.45) is 13.0 Å². The highest BCUT2D eigenvalue weighted by Crippen LogP contribution is 2.35. The number of hydrogen-bond acceptors (Lipinski definition) is 4. The largest absolute Gasteiger partial charge is 0.481 e. The minimum atomic E-state index is -0.840. The van der Waals surface area contributed by atoms with Crippen LogP contribution in [-0.4, -0.2) is 37.5 Å². The summed E-state index contributed by atoms with van der Waals surface area (Å²) in [6.45, 7) is 8.69. The van der Waals surface area contributed by atoms with Gasteiger partial charge < -0.3 is 5.11 Å². The second kappa shape index (κ2) is 10.7. The van der Waals surface area contributed by atoms with Gasteiger partial charge in [-0.1, -0.05) is 48.9 Å². The van der Waals surface area contributed by atoms with Crippen LogP contribution in [-0.2, 0) is 31.4 Å². The summed E-state index contributed by atoms with van der Waals surface area (Å²) in [7, 11) is 1.86. The molecule has 0 amide bonds. The van der Waals surface area contributed by atoms with Crippen LogP contribution in [0.2, 0.25) is 0 Å². The third-order valence-corrected chi connectivity index (χ3v) is 8.17. The van der Waals surface area contributed by atoms with Gasteiger partial charge in [0.15, 0.2) is 0 Å². The number of aryl methyl sites for hydroxylation is 3. The number of hydrogen-bond donors (Lipinski definition) is 1. The molecule has 0 saturated heterocycles. The monoisotopic (exact) mass is 514 g/mol. The van der Waals surface area contributed by atoms with Gasteiger partial charge in [-0.3, -0.25) is 9.69 Å². The number of aliphatic carboxylic acids is 1. The van der Waals surface area contributed by atoms with Crippen molar-refractivity contribution < 1.29 is 14.3 Å². The lowest BCUT2D eigenvalue weighted by atomic mass is 9.84. The van der Waals surface area contributed by atoms with Crippen molar-refractivity contribution in [1.29, 1.82) is 0 Å². The van der Waals surface area contributed by atoms with E-state index in [0.29, 0.717) is 12.5 Å². The van der Waals surface area contributed by atoms with Crippen molar-refractivity contribution in [1.82, 2.24) is 19.9 Å². The van der Waals surface area contributed by atoms with E-state index < -0.39 is 5.97 Å². The lowest BCUT2D eigenvalue weighted by molar-refractivity contribution is -0.137. The maximum absolute atomic E-state index is 14.1. The first-order valence-electron chi connectivity index (χ1n) is 13.3. The molecule has 3 aromatic carbocycles. The number of benzene rings is 3. The molecule has 0 aliphatic carbocycles. The Morgan fingerprint density at radius 1 is 1.13 bits per heavy atom. The van der Waals surface area contributed by atoms with Gasteiger partial charge >= 0.3 is 5.97 Å². The van der Waals surface area contributed by atoms with Crippen molar-refractivity contribution in [2.75, 3.05) is 6.54 Å². The summed E-state index contributed by atoms with van der Waals surface area (Å²) in [4.78, 5) is 14.4. The third-order valence-electron chi connectivity index (χ3n) is 8.17. The highest BCUT2D eigenvalue weighted by Gasteiger charge is 2.25. The summed E-state index contributed by atoms with van der Waals surface area (Å²) in [6.07, 6.45) is 2.02. The molecule has 0 spiro atoms. The fourth-order valence-electron chi connectivity index (χ4n) is 5.91. The van der Waals surface area contributed by atoms with E-state index >= 15 is 0 Å². The summed E-state index contributed by atoms with van der Waals surface area (Å²) in [5.74, 6) is -0.830. The van der Waals surface area contributed by atoms with Gasteiger partial charge in [0.1, 0.15) is 11.3 Å². The Hall–Kier alpha value is -3.58. The van der Waals surface area contributed by atoms with Gasteiger partial charge in [0.05, 0.1) is 11.9 Å². The van der Waals surface area contributed by atoms with E-state index in [0.717, 1.165) is 59.2 Å². The van der Waals surface area contributed by atoms with E-state index in [4.69, 9.17) is 0 Å². The average Bonchev–Trinajstić information content (AvgIpc) is 3.17. The molecule has 0 radical (unpaired) electrons. The van der Waals surface area contributed by atoms with Gasteiger partial charge in [-0.15, -0.1) is 5.10 Å². The fraction of sp³-hybridized carbons (Fsp3) is 0.387. The summed E-state index contributed by atoms with van der Waals surface area (Å²) in [5.41, 5.74) is 9.26. The van der Waals surface area contributed by atoms with Gasteiger partial charge in [0, 0.05) is 32.6 Å². The lowest BCUT2D eigenvalue weighted by Crippen LogP contribution is -2.27. The van der Waals surface area contributed by atoms with Crippen LogP contribution in [0.15, 0.2) is 48.5 Å². The van der Waals surface area contributed by atoms with Crippen LogP contribution in [0.1, 0.15) is 64.6 Å². The van der Waals surface area contributed by atoms with E-state index in [2.05, 4.69) is 47.3 Å². The average molecular weight is 515 g/mol. The maximum atomic E-state index is 14.1. The Kier molecular flexibility index (Phi) is 7.30. The zero-order valence-electron chi connectivity index (χ0n) is 22.5. The van der Waals surface area contributed by atoms with Crippen molar-refractivity contribution >= 4 is 17.0 Å². The SMILES string of the molecule is CCC1Cc2ccc(F)cc2CN(Cc2cc(C(CC(=O)O)c3ccc4c(nnn4C)c3C)ccc2C)C1. The van der Waals surface area contributed by atoms with Crippen molar-refractivity contribution in [2.45, 2.75) is 59.0 Å². The van der Waals surface area contributed by atoms with Crippen molar-refractivity contribution in [3.8, 4) is 0 Å². The molecule has 2 unspecified atom stereocenters. The number of fused-ring (bicyclic) bond motifs is 2. The van der Waals surface area contributed by atoms with Crippen LogP contribution >= 0.6 is 0 Å². The summed E-state index contributed by atoms with van der Waals surface area (Å²) in [6, 6.07) is 15.5. The summed E-state index contributed by atoms with van der Waals surface area (Å²) >= 11 is 0. The lowest BCUT2D eigenvalue weighted by Gasteiger charge is -2.26. The topological polar surface area (TPSA) is 71.2 Å². The smallest absolute Gasteiger partial charge is 0.304 e. The molecule has 38 heavy (non-hydrogen) atoms. The number of nitrogens with zero attached hydrogens (tertiary/aromatic N) is 4. The fourth-order valence-corrected chi connectivity index (χ4v) is 5.91. The van der Waals surface area contributed by atoms with Gasteiger partial charge in [0.25, 0.3) is 0 Å². The molecule has 0 saturated carbocycles. The van der Waals surface area contributed by atoms with E-state index in [-0.39, 0.29) is 18.2 Å². The van der Waals surface area contributed by atoms with Crippen LogP contribution in [0.4, 0.5) is 4.39 Å². The maximum Gasteiger partial charge on any atom is 0.304 e. The quantitative estimate of drug-likeness (QED) is 0.332. The molecule has 198 valence electrons. The van der Waals surface area contributed by atoms with Crippen LogP contribution in [0.25, 0.3) is 11.0 Å². The van der Waals surface area contributed by atoms with Crippen LogP contribution in [0, 0.1) is 25.6 Å². The Morgan fingerprint density at radius 2 is 1.95 bits per heavy atom. The molecule has 2 heterocycles. The minimum Gasteiger partial charge on any atom is -0.481 e. The predicted octanol–water partition coefficient (Wildman–Crippen LogP) is 5.92. The first-order valence-corrected chi connectivity index (χ1v) is 13.3. The first-order chi connectivity index (χ1) is 18.2. The molecule has 1 aromatic heterocycles. The normalized spacial score (nSPS) is 16.8. The Bertz CT molecular complexity index is 1500. The van der Waals surface area contributed by atoms with E-state index in [1.807, 2.05) is 32.2 Å². The Labute approximate surface area is 223 Å². The molecular weight excluding hydrogens is 479 g/mol. The molecule has 6 nitrogen and oxygen atoms in total. The number of halogens is 1. The highest BCUT2D eigenvalue weighted by molar-refractivity contribution is 5.80. The molecule has 1 aliphatic rings. The van der Waals surface area contributed by atoms with Crippen LogP contribution < -0.4 is 0 Å². The predicted molar refractivity (Wildman–Crippen MR) is 147 cm³/mol. The Morgan fingerprint density at radius 3 is 2.71 bits per heavy atom. The van der Waals surface area contributed by atoms with Gasteiger partial charge in [-0.05, 0) is 83.3 Å². The van der Waals surface area contributed by atoms with E-state index in [1.165, 1.54) is 16.7 Å². The van der Waals surface area contributed by atoms with Crippen molar-refractivity contribution in [3.05, 3.63) is 93.3 Å². The standard InChI is InChI=1S/C31H35FN4O2/c1-5-21-12-22-8-9-26(32)14-25(22)18-36(16-21)17-24-13-23(7-6-19(24)2)28(15-30(37)38)27-10-11-29-31(20(27)3)33-34-35(29)4/h6-11,13-14,21,28H,5,12,15-18H2,1-4H3,(H,37,38). The molecule has 4 aromatic rings. The van der Waals surface area contributed by atoms with Crippen LogP contribution in [0.3, 0.4) is 0 Å². The molecule has 5 rings (SSSR count). The van der Waals surface area contributed by atoms with Gasteiger partial charge in [-0.2, -0.15) is 0 Å². The Balaban J connectivity index is 1.50. The highest BCUT2D eigenvalue weighted by atomic mass is 19.1. The molecule has 0 fully saturated rings. The zero-order chi connectivity index (χ0) is 27.0. The molecular formula is C31H35FN4O2. The van der Waals surface area contributed by atoms with Gasteiger partial charge in [0.2, 0.25) is 0 Å². The second-order valence-electron chi connectivity index (χ2n) is 10.8.